The largest absolute Gasteiger partial charge is 0.355 e. The molecule has 0 amide bonds. The number of likely N-dealkylation sites (tertiary alicyclic amines) is 2. The molecule has 2 fully saturated rings. The van der Waals surface area contributed by atoms with Gasteiger partial charge in [0.15, 0.2) is 5.96 Å². The van der Waals surface area contributed by atoms with Crippen molar-refractivity contribution >= 4 is 29.9 Å². The van der Waals surface area contributed by atoms with Crippen LogP contribution in [-0.4, -0.2) is 61.6 Å². The van der Waals surface area contributed by atoms with Gasteiger partial charge in [-0.3, -0.25) is 9.89 Å². The molecule has 5 heteroatoms. The molecule has 0 aliphatic carbocycles. The van der Waals surface area contributed by atoms with E-state index in [0.717, 1.165) is 37.4 Å². The summed E-state index contributed by atoms with van der Waals surface area (Å²) in [4.78, 5) is 9.60. The van der Waals surface area contributed by atoms with Gasteiger partial charge >= 0.3 is 0 Å². The maximum atomic E-state index is 4.51. The number of hydrogen-bond donors (Lipinski definition) is 1. The van der Waals surface area contributed by atoms with E-state index in [4.69, 9.17) is 0 Å². The molecule has 4 nitrogen and oxygen atoms in total. The monoisotopic (exact) mass is 422 g/mol. The molecule has 2 heterocycles. The second-order valence-corrected chi connectivity index (χ2v) is 7.31. The molecule has 2 rings (SSSR count). The summed E-state index contributed by atoms with van der Waals surface area (Å²) in [5.41, 5.74) is 0. The molecule has 130 valence electrons. The molecule has 0 aromatic carbocycles. The van der Waals surface area contributed by atoms with E-state index in [0.29, 0.717) is 6.04 Å². The Balaban J connectivity index is 0.00000242. The first-order valence-electron chi connectivity index (χ1n) is 8.79. The summed E-state index contributed by atoms with van der Waals surface area (Å²) in [6.45, 7) is 12.8. The highest BCUT2D eigenvalue weighted by Crippen LogP contribution is 2.19. The molecule has 0 spiro atoms. The molecule has 22 heavy (non-hydrogen) atoms. The predicted molar refractivity (Wildman–Crippen MR) is 106 cm³/mol. The van der Waals surface area contributed by atoms with Crippen molar-refractivity contribution < 1.29 is 0 Å². The molecule has 0 radical (unpaired) electrons. The van der Waals surface area contributed by atoms with Gasteiger partial charge in [-0.1, -0.05) is 20.8 Å². The zero-order valence-electron chi connectivity index (χ0n) is 14.8. The Kier molecular flexibility index (Phi) is 9.05. The van der Waals surface area contributed by atoms with E-state index < -0.39 is 0 Å². The number of rotatable bonds is 4. The Morgan fingerprint density at radius 3 is 2.59 bits per heavy atom. The van der Waals surface area contributed by atoms with E-state index in [1.54, 1.807) is 0 Å². The molecular weight excluding hydrogens is 387 g/mol. The van der Waals surface area contributed by atoms with Crippen LogP contribution in [0.3, 0.4) is 0 Å². The van der Waals surface area contributed by atoms with Crippen LogP contribution in [0.4, 0.5) is 0 Å². The topological polar surface area (TPSA) is 30.9 Å². The summed E-state index contributed by atoms with van der Waals surface area (Å²) in [6, 6.07) is 0.686. The molecule has 2 atom stereocenters. The van der Waals surface area contributed by atoms with Gasteiger partial charge in [-0.2, -0.15) is 0 Å². The van der Waals surface area contributed by atoms with Crippen LogP contribution in [0.25, 0.3) is 0 Å². The van der Waals surface area contributed by atoms with Gasteiger partial charge in [-0.25, -0.2) is 0 Å². The van der Waals surface area contributed by atoms with Crippen LogP contribution < -0.4 is 5.32 Å². The van der Waals surface area contributed by atoms with Gasteiger partial charge in [-0.05, 0) is 44.1 Å². The molecule has 1 unspecified atom stereocenters. The smallest absolute Gasteiger partial charge is 0.193 e. The van der Waals surface area contributed by atoms with Crippen LogP contribution in [0.15, 0.2) is 4.99 Å². The molecular formula is C17H35IN4. The van der Waals surface area contributed by atoms with Crippen molar-refractivity contribution in [3.8, 4) is 0 Å². The first-order chi connectivity index (χ1) is 10.1. The molecule has 0 aromatic heterocycles. The van der Waals surface area contributed by atoms with E-state index in [9.17, 15) is 0 Å². The van der Waals surface area contributed by atoms with Crippen molar-refractivity contribution in [2.45, 2.75) is 52.5 Å². The van der Waals surface area contributed by atoms with E-state index in [1.807, 2.05) is 7.05 Å². The van der Waals surface area contributed by atoms with E-state index in [1.165, 1.54) is 38.8 Å². The number of nitrogens with zero attached hydrogens (tertiary/aromatic N) is 3. The average molecular weight is 422 g/mol. The van der Waals surface area contributed by atoms with Gasteiger partial charge in [0.2, 0.25) is 0 Å². The SMILES string of the molecule is CN=C(NC[C@H]1CCCN1CC(C)C)N1CCCC(C)C1.I. The van der Waals surface area contributed by atoms with Gasteiger partial charge in [0.1, 0.15) is 0 Å². The number of halogens is 1. The maximum absolute atomic E-state index is 4.51. The zero-order chi connectivity index (χ0) is 15.2. The molecule has 2 aliphatic heterocycles. The van der Waals surface area contributed by atoms with Crippen LogP contribution >= 0.6 is 24.0 Å². The Morgan fingerprint density at radius 2 is 1.95 bits per heavy atom. The lowest BCUT2D eigenvalue weighted by Crippen LogP contribution is -2.49. The van der Waals surface area contributed by atoms with Crippen molar-refractivity contribution in [2.24, 2.45) is 16.8 Å². The lowest BCUT2D eigenvalue weighted by Gasteiger charge is -2.34. The second-order valence-electron chi connectivity index (χ2n) is 7.31. The minimum Gasteiger partial charge on any atom is -0.355 e. The predicted octanol–water partition coefficient (Wildman–Crippen LogP) is 3.03. The third-order valence-electron chi connectivity index (χ3n) is 4.76. The lowest BCUT2D eigenvalue weighted by molar-refractivity contribution is 0.222. The highest BCUT2D eigenvalue weighted by Gasteiger charge is 2.26. The molecule has 0 bridgehead atoms. The molecule has 0 aromatic rings. The Bertz CT molecular complexity index is 346. The van der Waals surface area contributed by atoms with Crippen LogP contribution in [-0.2, 0) is 0 Å². The second kappa shape index (κ2) is 9.96. The normalized spacial score (nSPS) is 27.1. The van der Waals surface area contributed by atoms with Crippen molar-refractivity contribution in [3.63, 3.8) is 0 Å². The number of guanidine groups is 1. The Morgan fingerprint density at radius 1 is 1.23 bits per heavy atom. The highest BCUT2D eigenvalue weighted by molar-refractivity contribution is 14.0. The first-order valence-corrected chi connectivity index (χ1v) is 8.79. The maximum Gasteiger partial charge on any atom is 0.193 e. The number of hydrogen-bond acceptors (Lipinski definition) is 2. The van der Waals surface area contributed by atoms with Crippen LogP contribution in [0.5, 0.6) is 0 Å². The van der Waals surface area contributed by atoms with Gasteiger partial charge < -0.3 is 10.2 Å². The van der Waals surface area contributed by atoms with E-state index in [2.05, 4.69) is 40.9 Å². The summed E-state index contributed by atoms with van der Waals surface area (Å²) in [5.74, 6) is 2.66. The lowest BCUT2D eigenvalue weighted by atomic mass is 10.0. The molecule has 0 saturated carbocycles. The summed E-state index contributed by atoms with van der Waals surface area (Å²) in [6.07, 6.45) is 5.33. The highest BCUT2D eigenvalue weighted by atomic mass is 127. The van der Waals surface area contributed by atoms with Crippen molar-refractivity contribution in [1.82, 2.24) is 15.1 Å². The summed E-state index contributed by atoms with van der Waals surface area (Å²) >= 11 is 0. The standard InChI is InChI=1S/C17H34N4.HI/c1-14(2)12-20-9-6-8-16(20)11-19-17(18-4)21-10-5-7-15(3)13-21;/h14-16H,5-13H2,1-4H3,(H,18,19);1H/t15?,16-;/m1./s1. The van der Waals surface area contributed by atoms with Gasteiger partial charge in [0.05, 0.1) is 0 Å². The van der Waals surface area contributed by atoms with Gasteiger partial charge in [0, 0.05) is 39.3 Å². The fraction of sp³-hybridized carbons (Fsp3) is 0.941. The minimum atomic E-state index is 0. The number of piperidine rings is 1. The van der Waals surface area contributed by atoms with Crippen molar-refractivity contribution in [3.05, 3.63) is 0 Å². The molecule has 2 saturated heterocycles. The quantitative estimate of drug-likeness (QED) is 0.429. The van der Waals surface area contributed by atoms with Gasteiger partial charge in [-0.15, -0.1) is 24.0 Å². The third-order valence-corrected chi connectivity index (χ3v) is 4.76. The summed E-state index contributed by atoms with van der Waals surface area (Å²) < 4.78 is 0. The molecule has 1 N–H and O–H groups in total. The first kappa shape index (κ1) is 20.0. The molecule has 2 aliphatic rings. The average Bonchev–Trinajstić information content (AvgIpc) is 2.86. The fourth-order valence-electron chi connectivity index (χ4n) is 3.76. The van der Waals surface area contributed by atoms with E-state index >= 15 is 0 Å². The summed E-state index contributed by atoms with van der Waals surface area (Å²) in [5, 5.41) is 3.64. The Labute approximate surface area is 154 Å². The number of aliphatic imine (C=N–C) groups is 1. The fourth-order valence-corrected chi connectivity index (χ4v) is 3.76. The van der Waals surface area contributed by atoms with Crippen molar-refractivity contribution in [1.29, 1.82) is 0 Å². The van der Waals surface area contributed by atoms with Gasteiger partial charge in [0.25, 0.3) is 0 Å². The zero-order valence-corrected chi connectivity index (χ0v) is 17.2. The van der Waals surface area contributed by atoms with Crippen LogP contribution in [0, 0.1) is 11.8 Å². The van der Waals surface area contributed by atoms with E-state index in [-0.39, 0.29) is 24.0 Å². The number of nitrogens with one attached hydrogen (secondary N) is 1. The van der Waals surface area contributed by atoms with Crippen LogP contribution in [0.2, 0.25) is 0 Å². The Hall–Kier alpha value is -0.0400. The third kappa shape index (κ3) is 5.87. The summed E-state index contributed by atoms with van der Waals surface area (Å²) in [7, 11) is 1.92. The minimum absolute atomic E-state index is 0. The van der Waals surface area contributed by atoms with Crippen molar-refractivity contribution in [2.75, 3.05) is 39.8 Å². The van der Waals surface area contributed by atoms with Crippen LogP contribution in [0.1, 0.15) is 46.5 Å².